The molecule has 0 fully saturated rings. The number of rotatable bonds is 5. The number of carbonyl (C=O) groups excluding carboxylic acids is 1. The molecule has 1 aliphatic carbocycles. The largest absolute Gasteiger partial charge is 0.456 e. The standard InChI is InChI=1S/C22H16BF2N2O3S/c24-15-6-12-19(8-14(15)23-27-22(29)17(26)10-31)30-20-9-18(28)16(25)7-13(20)21(12)11-4-2-1-3-5-11/h1-9,17,31H,10,26H2,(H,27,29)/t17-/m1/s1. The van der Waals surface area contributed by atoms with Gasteiger partial charge >= 0.3 is 0 Å². The first-order valence-electron chi connectivity index (χ1n) is 9.34. The second-order valence-electron chi connectivity index (χ2n) is 6.93. The molecule has 4 rings (SSSR count). The van der Waals surface area contributed by atoms with Gasteiger partial charge in [-0.15, -0.1) is 0 Å². The molecule has 1 aliphatic heterocycles. The molecule has 2 aromatic carbocycles. The lowest BCUT2D eigenvalue weighted by atomic mass is 9.80. The lowest BCUT2D eigenvalue weighted by Gasteiger charge is -2.16. The van der Waals surface area contributed by atoms with Crippen LogP contribution in [0.5, 0.6) is 0 Å². The van der Waals surface area contributed by atoms with Crippen LogP contribution in [0.2, 0.25) is 0 Å². The monoisotopic (exact) mass is 437 g/mol. The molecule has 3 N–H and O–H groups in total. The van der Waals surface area contributed by atoms with E-state index < -0.39 is 29.0 Å². The molecule has 1 heterocycles. The molecule has 2 aliphatic rings. The summed E-state index contributed by atoms with van der Waals surface area (Å²) in [7, 11) is 1.19. The van der Waals surface area contributed by atoms with E-state index in [1.807, 2.05) is 6.07 Å². The molecular formula is C22H16BF2N2O3S. The van der Waals surface area contributed by atoms with Crippen molar-refractivity contribution in [3.05, 3.63) is 76.5 Å². The molecule has 31 heavy (non-hydrogen) atoms. The third-order valence-electron chi connectivity index (χ3n) is 4.86. The number of benzene rings is 3. The average Bonchev–Trinajstić information content (AvgIpc) is 2.77. The van der Waals surface area contributed by atoms with E-state index in [4.69, 9.17) is 10.2 Å². The van der Waals surface area contributed by atoms with E-state index in [1.54, 1.807) is 24.3 Å². The van der Waals surface area contributed by atoms with Crippen LogP contribution in [0.25, 0.3) is 33.4 Å². The summed E-state index contributed by atoms with van der Waals surface area (Å²) in [4.78, 5) is 23.7. The molecule has 1 amide bonds. The molecule has 0 bridgehead atoms. The third kappa shape index (κ3) is 4.06. The Labute approximate surface area is 182 Å². The Morgan fingerprint density at radius 1 is 1.13 bits per heavy atom. The topological polar surface area (TPSA) is 85.3 Å². The number of nitrogens with two attached hydrogens (primary N) is 1. The van der Waals surface area contributed by atoms with Crippen LogP contribution >= 0.6 is 12.6 Å². The number of thiol groups is 1. The summed E-state index contributed by atoms with van der Waals surface area (Å²) < 4.78 is 34.8. The molecule has 9 heteroatoms. The van der Waals surface area contributed by atoms with Crippen LogP contribution in [-0.2, 0) is 4.79 Å². The number of nitrogens with one attached hydrogen (secondary N) is 1. The molecule has 0 saturated carbocycles. The van der Waals surface area contributed by atoms with Crippen LogP contribution in [0.3, 0.4) is 0 Å². The van der Waals surface area contributed by atoms with Crippen molar-refractivity contribution in [2.75, 3.05) is 5.75 Å². The van der Waals surface area contributed by atoms with Crippen molar-refractivity contribution in [2.45, 2.75) is 6.04 Å². The Morgan fingerprint density at radius 3 is 2.58 bits per heavy atom. The maximum absolute atomic E-state index is 14.9. The highest BCUT2D eigenvalue weighted by molar-refractivity contribution is 7.80. The van der Waals surface area contributed by atoms with Crippen molar-refractivity contribution in [2.24, 2.45) is 5.73 Å². The number of fused-ring (bicyclic) bond motifs is 2. The molecule has 0 unspecified atom stereocenters. The van der Waals surface area contributed by atoms with E-state index in [1.165, 1.54) is 19.5 Å². The first-order chi connectivity index (χ1) is 14.9. The maximum atomic E-state index is 14.9. The molecule has 5 nitrogen and oxygen atoms in total. The molecule has 0 aromatic heterocycles. The second-order valence-corrected chi connectivity index (χ2v) is 7.30. The summed E-state index contributed by atoms with van der Waals surface area (Å²) >= 11 is 3.96. The lowest BCUT2D eigenvalue weighted by Crippen LogP contribution is -2.46. The quantitative estimate of drug-likeness (QED) is 0.255. The minimum atomic E-state index is -0.923. The zero-order chi connectivity index (χ0) is 22.1. The van der Waals surface area contributed by atoms with Crippen LogP contribution < -0.4 is 21.9 Å². The summed E-state index contributed by atoms with van der Waals surface area (Å²) in [6.45, 7) is 0. The zero-order valence-corrected chi connectivity index (χ0v) is 17.0. The Bertz CT molecular complexity index is 1310. The fraction of sp³-hybridized carbons (Fsp3) is 0.0909. The van der Waals surface area contributed by atoms with Gasteiger partial charge in [-0.05, 0) is 29.2 Å². The Balaban J connectivity index is 1.91. The Hall–Kier alpha value is -3.17. The van der Waals surface area contributed by atoms with Gasteiger partial charge in [-0.25, -0.2) is 8.78 Å². The zero-order valence-electron chi connectivity index (χ0n) is 16.1. The van der Waals surface area contributed by atoms with Crippen LogP contribution in [0.15, 0.2) is 63.8 Å². The summed E-state index contributed by atoms with van der Waals surface area (Å²) in [5.41, 5.74) is 6.69. The van der Waals surface area contributed by atoms with E-state index in [2.05, 4.69) is 17.9 Å². The molecule has 2 aromatic rings. The Morgan fingerprint density at radius 2 is 1.87 bits per heavy atom. The molecule has 1 radical (unpaired) electrons. The number of halogens is 2. The van der Waals surface area contributed by atoms with Crippen molar-refractivity contribution < 1.29 is 18.0 Å². The van der Waals surface area contributed by atoms with Gasteiger partial charge in [-0.1, -0.05) is 30.3 Å². The molecular weight excluding hydrogens is 421 g/mol. The van der Waals surface area contributed by atoms with Gasteiger partial charge in [0.05, 0.1) is 6.04 Å². The van der Waals surface area contributed by atoms with E-state index in [9.17, 15) is 18.4 Å². The highest BCUT2D eigenvalue weighted by Gasteiger charge is 2.21. The molecule has 0 saturated heterocycles. The van der Waals surface area contributed by atoms with Crippen molar-refractivity contribution in [3.8, 4) is 22.5 Å². The predicted octanol–water partition coefficient (Wildman–Crippen LogP) is 2.46. The minimum Gasteiger partial charge on any atom is -0.456 e. The van der Waals surface area contributed by atoms with Crippen LogP contribution in [0.1, 0.15) is 0 Å². The van der Waals surface area contributed by atoms with Gasteiger partial charge in [0, 0.05) is 28.3 Å². The maximum Gasteiger partial charge on any atom is 0.288 e. The van der Waals surface area contributed by atoms with Crippen LogP contribution in [0, 0.1) is 11.6 Å². The van der Waals surface area contributed by atoms with Crippen molar-refractivity contribution in [1.29, 1.82) is 0 Å². The third-order valence-corrected chi connectivity index (χ3v) is 5.25. The average molecular weight is 437 g/mol. The van der Waals surface area contributed by atoms with E-state index in [0.29, 0.717) is 22.1 Å². The van der Waals surface area contributed by atoms with Gasteiger partial charge in [-0.3, -0.25) is 9.59 Å². The second kappa shape index (κ2) is 8.53. The number of amides is 1. The first-order valence-corrected chi connectivity index (χ1v) is 9.97. The predicted molar refractivity (Wildman–Crippen MR) is 120 cm³/mol. The summed E-state index contributed by atoms with van der Waals surface area (Å²) in [5.74, 6) is -1.76. The number of carbonyl (C=O) groups is 1. The van der Waals surface area contributed by atoms with Gasteiger partial charge in [0.1, 0.15) is 17.2 Å². The minimum absolute atomic E-state index is 0.0544. The van der Waals surface area contributed by atoms with E-state index in [0.717, 1.165) is 12.1 Å². The van der Waals surface area contributed by atoms with Crippen molar-refractivity contribution in [1.82, 2.24) is 5.23 Å². The smallest absolute Gasteiger partial charge is 0.288 e. The van der Waals surface area contributed by atoms with Crippen molar-refractivity contribution in [3.63, 3.8) is 0 Å². The highest BCUT2D eigenvalue weighted by atomic mass is 32.1. The lowest BCUT2D eigenvalue weighted by molar-refractivity contribution is -0.120. The summed E-state index contributed by atoms with van der Waals surface area (Å²) in [6, 6.07) is 13.0. The summed E-state index contributed by atoms with van der Waals surface area (Å²) in [5, 5.41) is 2.83. The van der Waals surface area contributed by atoms with Crippen molar-refractivity contribution >= 4 is 42.4 Å². The number of hydrogen-bond donors (Lipinski definition) is 3. The fourth-order valence-electron chi connectivity index (χ4n) is 3.29. The van der Waals surface area contributed by atoms with Gasteiger partial charge < -0.3 is 15.4 Å². The molecule has 0 spiro atoms. The molecule has 1 atom stereocenters. The Kier molecular flexibility index (Phi) is 5.80. The molecule has 155 valence electrons. The number of hydrogen-bond acceptors (Lipinski definition) is 5. The van der Waals surface area contributed by atoms with Crippen LogP contribution in [0.4, 0.5) is 8.78 Å². The highest BCUT2D eigenvalue weighted by Crippen LogP contribution is 2.39. The SMILES string of the molecule is N[C@H](CS)C(=O)N[B]c1cc2oc3cc(=O)c(F)cc-3c(-c3ccccc3)c2cc1F. The van der Waals surface area contributed by atoms with Gasteiger partial charge in [0.25, 0.3) is 7.41 Å². The fourth-order valence-corrected chi connectivity index (χ4v) is 3.46. The van der Waals surface area contributed by atoms with E-state index >= 15 is 0 Å². The summed E-state index contributed by atoms with van der Waals surface area (Å²) in [6.07, 6.45) is 0. The first kappa shape index (κ1) is 21.1. The van der Waals surface area contributed by atoms with Crippen LogP contribution in [-0.4, -0.2) is 25.1 Å². The normalized spacial score (nSPS) is 12.1. The van der Waals surface area contributed by atoms with Gasteiger partial charge in [-0.2, -0.15) is 12.6 Å². The van der Waals surface area contributed by atoms with E-state index in [-0.39, 0.29) is 22.6 Å². The van der Waals surface area contributed by atoms with Gasteiger partial charge in [0.15, 0.2) is 5.82 Å². The van der Waals surface area contributed by atoms with Gasteiger partial charge in [0.2, 0.25) is 11.3 Å².